The topological polar surface area (TPSA) is 49.4 Å². The normalized spacial score (nSPS) is 22.8. The highest BCUT2D eigenvalue weighted by atomic mass is 16.2. The fraction of sp³-hybridized carbons (Fsp3) is 0.714. The molecule has 1 heterocycles. The summed E-state index contributed by atoms with van der Waals surface area (Å²) in [5.41, 5.74) is -0.704. The van der Waals surface area contributed by atoms with E-state index in [0.717, 1.165) is 6.42 Å². The van der Waals surface area contributed by atoms with Crippen molar-refractivity contribution in [3.05, 3.63) is 12.7 Å². The van der Waals surface area contributed by atoms with Crippen LogP contribution in [0, 0.1) is 0 Å². The zero-order valence-electron chi connectivity index (χ0n) is 11.7. The molecule has 1 fully saturated rings. The number of carbonyl (C=O) groups excluding carboxylic acids is 2. The van der Waals surface area contributed by atoms with E-state index in [1.54, 1.807) is 11.0 Å². The number of hydrogen-bond acceptors (Lipinski definition) is 2. The maximum absolute atomic E-state index is 12.6. The number of carbonyl (C=O) groups is 2. The van der Waals surface area contributed by atoms with Gasteiger partial charge >= 0.3 is 0 Å². The zero-order valence-corrected chi connectivity index (χ0v) is 11.7. The van der Waals surface area contributed by atoms with E-state index in [1.807, 2.05) is 20.8 Å². The van der Waals surface area contributed by atoms with E-state index >= 15 is 0 Å². The highest BCUT2D eigenvalue weighted by Crippen LogP contribution is 2.26. The predicted octanol–water partition coefficient (Wildman–Crippen LogP) is 1.86. The number of nitrogens with zero attached hydrogens (tertiary/aromatic N) is 1. The number of nitrogens with one attached hydrogen (secondary N) is 1. The Hall–Kier alpha value is -1.32. The summed E-state index contributed by atoms with van der Waals surface area (Å²) in [5, 5.41) is 2.93. The highest BCUT2D eigenvalue weighted by molar-refractivity contribution is 5.99. The van der Waals surface area contributed by atoms with Crippen molar-refractivity contribution in [3.63, 3.8) is 0 Å². The first-order valence-corrected chi connectivity index (χ1v) is 6.80. The molecular weight excluding hydrogens is 228 g/mol. The van der Waals surface area contributed by atoms with Crippen LogP contribution in [0.3, 0.4) is 0 Å². The Morgan fingerprint density at radius 3 is 2.39 bits per heavy atom. The minimum Gasteiger partial charge on any atom is -0.340 e. The van der Waals surface area contributed by atoms with Crippen molar-refractivity contribution >= 4 is 11.8 Å². The molecule has 4 heteroatoms. The summed E-state index contributed by atoms with van der Waals surface area (Å²) in [6, 6.07) is -0.330. The van der Waals surface area contributed by atoms with Crippen LogP contribution in [0.2, 0.25) is 0 Å². The monoisotopic (exact) mass is 252 g/mol. The molecule has 18 heavy (non-hydrogen) atoms. The molecule has 0 saturated carbocycles. The molecule has 1 atom stereocenters. The second-order valence-corrected chi connectivity index (χ2v) is 4.78. The van der Waals surface area contributed by atoms with E-state index in [0.29, 0.717) is 25.8 Å². The van der Waals surface area contributed by atoms with Crippen molar-refractivity contribution < 1.29 is 9.59 Å². The van der Waals surface area contributed by atoms with Gasteiger partial charge in [0, 0.05) is 6.54 Å². The van der Waals surface area contributed by atoms with Gasteiger partial charge < -0.3 is 10.2 Å². The minimum atomic E-state index is -0.704. The molecule has 1 aliphatic rings. The van der Waals surface area contributed by atoms with Crippen LogP contribution >= 0.6 is 0 Å². The Kier molecular flexibility index (Phi) is 4.93. The van der Waals surface area contributed by atoms with Gasteiger partial charge in [0.1, 0.15) is 11.6 Å². The molecule has 0 aliphatic carbocycles. The number of hydrogen-bond donors (Lipinski definition) is 1. The highest BCUT2D eigenvalue weighted by Gasteiger charge is 2.47. The van der Waals surface area contributed by atoms with E-state index in [-0.39, 0.29) is 17.9 Å². The Balaban J connectivity index is 3.03. The van der Waals surface area contributed by atoms with Crippen molar-refractivity contribution in [1.82, 2.24) is 10.2 Å². The minimum absolute atomic E-state index is 0.0233. The maximum Gasteiger partial charge on any atom is 0.248 e. The average Bonchev–Trinajstić information content (AvgIpc) is 2.39. The standard InChI is InChI=1S/C14H24N2O2/c1-5-9-10-16-11(6-2)12(17)15-14(7-3,8-4)13(16)18/h5,11H,1,6-10H2,2-4H3,(H,15,17). The predicted molar refractivity (Wildman–Crippen MR) is 72.1 cm³/mol. The van der Waals surface area contributed by atoms with Crippen LogP contribution in [0.5, 0.6) is 0 Å². The molecule has 0 radical (unpaired) electrons. The maximum atomic E-state index is 12.6. The molecule has 0 bridgehead atoms. The van der Waals surface area contributed by atoms with Crippen molar-refractivity contribution in [3.8, 4) is 0 Å². The molecule has 4 nitrogen and oxygen atoms in total. The molecule has 2 amide bonds. The number of rotatable bonds is 6. The van der Waals surface area contributed by atoms with Gasteiger partial charge in [0.15, 0.2) is 0 Å². The average molecular weight is 252 g/mol. The fourth-order valence-corrected chi connectivity index (χ4v) is 2.55. The summed E-state index contributed by atoms with van der Waals surface area (Å²) in [6.45, 7) is 10.1. The van der Waals surface area contributed by atoms with Gasteiger partial charge in [-0.25, -0.2) is 0 Å². The fourth-order valence-electron chi connectivity index (χ4n) is 2.55. The van der Waals surface area contributed by atoms with Gasteiger partial charge in [0.05, 0.1) is 0 Å². The van der Waals surface area contributed by atoms with E-state index in [9.17, 15) is 9.59 Å². The molecule has 1 unspecified atom stereocenters. The summed E-state index contributed by atoms with van der Waals surface area (Å²) in [5.74, 6) is 0.0330. The number of piperazine rings is 1. The van der Waals surface area contributed by atoms with Crippen LogP contribution in [0.1, 0.15) is 46.5 Å². The van der Waals surface area contributed by atoms with Gasteiger partial charge in [-0.1, -0.05) is 26.8 Å². The zero-order chi connectivity index (χ0) is 13.8. The van der Waals surface area contributed by atoms with Crippen LogP contribution in [0.15, 0.2) is 12.7 Å². The van der Waals surface area contributed by atoms with Gasteiger partial charge in [-0.2, -0.15) is 0 Å². The van der Waals surface area contributed by atoms with Crippen LogP contribution in [-0.2, 0) is 9.59 Å². The first-order chi connectivity index (χ1) is 8.56. The Labute approximate surface area is 109 Å². The first-order valence-electron chi connectivity index (χ1n) is 6.80. The molecule has 1 aliphatic heterocycles. The lowest BCUT2D eigenvalue weighted by Gasteiger charge is -2.45. The summed E-state index contributed by atoms with van der Waals surface area (Å²) in [6.07, 6.45) is 4.42. The summed E-state index contributed by atoms with van der Waals surface area (Å²) >= 11 is 0. The molecule has 1 N–H and O–H groups in total. The van der Waals surface area contributed by atoms with E-state index in [4.69, 9.17) is 0 Å². The SMILES string of the molecule is C=CCCN1C(=O)C(CC)(CC)NC(=O)C1CC. The van der Waals surface area contributed by atoms with Crippen molar-refractivity contribution in [1.29, 1.82) is 0 Å². The van der Waals surface area contributed by atoms with E-state index in [2.05, 4.69) is 11.9 Å². The molecule has 0 aromatic heterocycles. The van der Waals surface area contributed by atoms with Gasteiger partial charge in [-0.15, -0.1) is 6.58 Å². The van der Waals surface area contributed by atoms with Gasteiger partial charge in [0.25, 0.3) is 0 Å². The molecule has 0 aromatic carbocycles. The molecule has 102 valence electrons. The van der Waals surface area contributed by atoms with E-state index < -0.39 is 5.54 Å². The van der Waals surface area contributed by atoms with Gasteiger partial charge in [0.2, 0.25) is 11.8 Å². The van der Waals surface area contributed by atoms with Crippen LogP contribution in [0.25, 0.3) is 0 Å². The lowest BCUT2D eigenvalue weighted by atomic mass is 9.86. The lowest BCUT2D eigenvalue weighted by molar-refractivity contribution is -0.155. The van der Waals surface area contributed by atoms with Crippen molar-refractivity contribution in [2.75, 3.05) is 6.54 Å². The van der Waals surface area contributed by atoms with Crippen LogP contribution in [0.4, 0.5) is 0 Å². The van der Waals surface area contributed by atoms with Gasteiger partial charge in [-0.05, 0) is 25.7 Å². The second-order valence-electron chi connectivity index (χ2n) is 4.78. The summed E-state index contributed by atoms with van der Waals surface area (Å²) in [7, 11) is 0. The Morgan fingerprint density at radius 1 is 1.33 bits per heavy atom. The lowest BCUT2D eigenvalue weighted by Crippen LogP contribution is -2.69. The molecule has 0 aromatic rings. The summed E-state index contributed by atoms with van der Waals surface area (Å²) < 4.78 is 0. The van der Waals surface area contributed by atoms with Crippen LogP contribution < -0.4 is 5.32 Å². The molecule has 1 saturated heterocycles. The van der Waals surface area contributed by atoms with E-state index in [1.165, 1.54) is 0 Å². The first kappa shape index (κ1) is 14.7. The smallest absolute Gasteiger partial charge is 0.248 e. The third kappa shape index (κ3) is 2.42. The molecule has 1 rings (SSSR count). The molecular formula is C14H24N2O2. The van der Waals surface area contributed by atoms with Crippen molar-refractivity contribution in [2.45, 2.75) is 58.0 Å². The van der Waals surface area contributed by atoms with Crippen molar-refractivity contribution in [2.24, 2.45) is 0 Å². The van der Waals surface area contributed by atoms with Crippen LogP contribution in [-0.4, -0.2) is 34.8 Å². The summed E-state index contributed by atoms with van der Waals surface area (Å²) in [4.78, 5) is 26.5. The largest absolute Gasteiger partial charge is 0.340 e. The Morgan fingerprint density at radius 2 is 1.94 bits per heavy atom. The number of amides is 2. The third-order valence-corrected chi connectivity index (χ3v) is 3.88. The quantitative estimate of drug-likeness (QED) is 0.734. The second kappa shape index (κ2) is 6.03. The third-order valence-electron chi connectivity index (χ3n) is 3.88. The Bertz CT molecular complexity index is 335. The van der Waals surface area contributed by atoms with Gasteiger partial charge in [-0.3, -0.25) is 9.59 Å². The molecule has 0 spiro atoms.